The van der Waals surface area contributed by atoms with E-state index in [1.807, 2.05) is 20.8 Å². The van der Waals surface area contributed by atoms with Gasteiger partial charge in [-0.2, -0.15) is 0 Å². The average Bonchev–Trinajstić information content (AvgIpc) is 2.52. The summed E-state index contributed by atoms with van der Waals surface area (Å²) < 4.78 is 0. The van der Waals surface area contributed by atoms with Crippen molar-refractivity contribution in [3.05, 3.63) is 0 Å². The summed E-state index contributed by atoms with van der Waals surface area (Å²) in [5.41, 5.74) is -0.418. The third-order valence-corrected chi connectivity index (χ3v) is 4.18. The number of rotatable bonds is 2. The van der Waals surface area contributed by atoms with Gasteiger partial charge in [-0.25, -0.2) is 0 Å². The van der Waals surface area contributed by atoms with Crippen molar-refractivity contribution in [3.8, 4) is 0 Å². The highest BCUT2D eigenvalue weighted by molar-refractivity contribution is 6.42. The van der Waals surface area contributed by atoms with Gasteiger partial charge in [-0.3, -0.25) is 14.6 Å². The lowest BCUT2D eigenvalue weighted by molar-refractivity contribution is -0.145. The molecule has 0 atom stereocenters. The van der Waals surface area contributed by atoms with Crippen LogP contribution in [0.4, 0.5) is 0 Å². The first-order valence-electron chi connectivity index (χ1n) is 7.40. The van der Waals surface area contributed by atoms with Crippen LogP contribution in [0.3, 0.4) is 0 Å². The Bertz CT molecular complexity index is 441. The minimum Gasteiger partial charge on any atom is -0.480 e. The van der Waals surface area contributed by atoms with E-state index in [0.717, 1.165) is 38.5 Å². The summed E-state index contributed by atoms with van der Waals surface area (Å²) >= 11 is 0. The second kappa shape index (κ2) is 5.19. The third-order valence-electron chi connectivity index (χ3n) is 4.18. The summed E-state index contributed by atoms with van der Waals surface area (Å²) in [5.74, 6) is -1.16. The molecular weight excluding hydrogens is 256 g/mol. The number of amides is 1. The number of hydrogen-bond acceptors (Lipinski definition) is 3. The molecule has 5 heteroatoms. The molecule has 1 heterocycles. The van der Waals surface area contributed by atoms with Crippen LogP contribution in [0, 0.1) is 5.41 Å². The minimum absolute atomic E-state index is 0.193. The van der Waals surface area contributed by atoms with Gasteiger partial charge < -0.3 is 10.0 Å². The van der Waals surface area contributed by atoms with E-state index in [4.69, 9.17) is 10.1 Å². The van der Waals surface area contributed by atoms with Crippen molar-refractivity contribution in [1.82, 2.24) is 4.90 Å². The van der Waals surface area contributed by atoms with Crippen LogP contribution in [0.25, 0.3) is 0 Å². The number of nitrogens with zero attached hydrogens (tertiary/aromatic N) is 2. The summed E-state index contributed by atoms with van der Waals surface area (Å²) in [5, 5.41) is 9.12. The zero-order chi connectivity index (χ0) is 15.0. The summed E-state index contributed by atoms with van der Waals surface area (Å²) in [7, 11) is 0. The Morgan fingerprint density at radius 3 is 2.25 bits per heavy atom. The molecule has 1 aliphatic heterocycles. The molecule has 0 saturated heterocycles. The zero-order valence-corrected chi connectivity index (χ0v) is 12.6. The van der Waals surface area contributed by atoms with Crippen molar-refractivity contribution in [3.63, 3.8) is 0 Å². The molecule has 1 aliphatic carbocycles. The van der Waals surface area contributed by atoms with Gasteiger partial charge in [-0.05, 0) is 25.7 Å². The largest absolute Gasteiger partial charge is 0.480 e. The highest BCUT2D eigenvalue weighted by atomic mass is 16.4. The molecule has 2 rings (SSSR count). The maximum absolute atomic E-state index is 12.6. The van der Waals surface area contributed by atoms with Gasteiger partial charge in [0, 0.05) is 5.41 Å². The van der Waals surface area contributed by atoms with E-state index in [0.29, 0.717) is 5.71 Å². The Morgan fingerprint density at radius 1 is 1.25 bits per heavy atom. The summed E-state index contributed by atoms with van der Waals surface area (Å²) in [6.07, 6.45) is 5.85. The van der Waals surface area contributed by atoms with Crippen molar-refractivity contribution < 1.29 is 14.7 Å². The number of aliphatic carboxylic acids is 1. The minimum atomic E-state index is -0.965. The topological polar surface area (TPSA) is 70.0 Å². The van der Waals surface area contributed by atoms with Gasteiger partial charge in [0.05, 0.1) is 0 Å². The second-order valence-electron chi connectivity index (χ2n) is 6.89. The summed E-state index contributed by atoms with van der Waals surface area (Å²) in [4.78, 5) is 30.0. The van der Waals surface area contributed by atoms with Crippen molar-refractivity contribution in [2.75, 3.05) is 6.54 Å². The van der Waals surface area contributed by atoms with Gasteiger partial charge in [-0.15, -0.1) is 0 Å². The number of carboxylic acid groups (broad SMARTS) is 1. The molecule has 20 heavy (non-hydrogen) atoms. The predicted molar refractivity (Wildman–Crippen MR) is 76.7 cm³/mol. The first-order valence-corrected chi connectivity index (χ1v) is 7.40. The van der Waals surface area contributed by atoms with Crippen LogP contribution in [0.5, 0.6) is 0 Å². The van der Waals surface area contributed by atoms with E-state index in [9.17, 15) is 9.59 Å². The molecule has 0 unspecified atom stereocenters. The molecule has 0 bridgehead atoms. The maximum atomic E-state index is 12.6. The molecule has 1 N–H and O–H groups in total. The van der Waals surface area contributed by atoms with Crippen LogP contribution in [-0.2, 0) is 9.59 Å². The lowest BCUT2D eigenvalue weighted by Gasteiger charge is -2.34. The van der Waals surface area contributed by atoms with Gasteiger partial charge in [0.2, 0.25) is 0 Å². The van der Waals surface area contributed by atoms with E-state index >= 15 is 0 Å². The number of hydrogen-bond donors (Lipinski definition) is 1. The van der Waals surface area contributed by atoms with Crippen LogP contribution in [-0.4, -0.2) is 39.8 Å². The Morgan fingerprint density at radius 2 is 1.80 bits per heavy atom. The van der Waals surface area contributed by atoms with Crippen LogP contribution >= 0.6 is 0 Å². The van der Waals surface area contributed by atoms with Gasteiger partial charge in [0.15, 0.2) is 0 Å². The first-order chi connectivity index (χ1) is 9.26. The van der Waals surface area contributed by atoms with Crippen molar-refractivity contribution >= 4 is 17.6 Å². The number of aliphatic imine (C=N–C) groups is 1. The molecule has 112 valence electrons. The number of carboxylic acids is 1. The summed E-state index contributed by atoms with van der Waals surface area (Å²) in [6, 6.07) is 0. The van der Waals surface area contributed by atoms with E-state index < -0.39 is 11.6 Å². The molecule has 0 aromatic heterocycles. The fraction of sp³-hybridized carbons (Fsp3) is 0.800. The normalized spacial score (nSPS) is 22.9. The molecule has 0 radical (unpaired) electrons. The smallest absolute Gasteiger partial charge is 0.323 e. The fourth-order valence-electron chi connectivity index (χ4n) is 3.15. The molecule has 0 aromatic carbocycles. The Hall–Kier alpha value is -1.39. The quantitative estimate of drug-likeness (QED) is 0.844. The highest BCUT2D eigenvalue weighted by Crippen LogP contribution is 2.40. The molecule has 1 amide bonds. The Balaban J connectivity index is 2.40. The standard InChI is InChI=1S/C15H24N2O3/c1-14(2,3)12-13(20)17(10-11(18)19)15(16-12)8-6-4-5-7-9-15/h4-10H2,1-3H3,(H,18,19). The second-order valence-corrected chi connectivity index (χ2v) is 6.89. The van der Waals surface area contributed by atoms with Crippen LogP contribution in [0.2, 0.25) is 0 Å². The van der Waals surface area contributed by atoms with E-state index in [1.165, 1.54) is 4.90 Å². The average molecular weight is 280 g/mol. The van der Waals surface area contributed by atoms with Crippen LogP contribution < -0.4 is 0 Å². The van der Waals surface area contributed by atoms with Crippen LogP contribution in [0.1, 0.15) is 59.3 Å². The fourth-order valence-corrected chi connectivity index (χ4v) is 3.15. The monoisotopic (exact) mass is 280 g/mol. The van der Waals surface area contributed by atoms with Crippen molar-refractivity contribution in [2.45, 2.75) is 65.0 Å². The van der Waals surface area contributed by atoms with Gasteiger partial charge in [0.1, 0.15) is 17.9 Å². The van der Waals surface area contributed by atoms with Gasteiger partial charge >= 0.3 is 5.97 Å². The predicted octanol–water partition coefficient (Wildman–Crippen LogP) is 2.45. The Kier molecular flexibility index (Phi) is 3.89. The lowest BCUT2D eigenvalue weighted by atomic mass is 9.89. The molecule has 5 nitrogen and oxygen atoms in total. The van der Waals surface area contributed by atoms with Gasteiger partial charge in [0.25, 0.3) is 5.91 Å². The molecular formula is C15H24N2O3. The van der Waals surface area contributed by atoms with Crippen molar-refractivity contribution in [1.29, 1.82) is 0 Å². The first kappa shape index (κ1) is 15.0. The zero-order valence-electron chi connectivity index (χ0n) is 12.6. The highest BCUT2D eigenvalue weighted by Gasteiger charge is 2.49. The Labute approximate surface area is 120 Å². The summed E-state index contributed by atoms with van der Waals surface area (Å²) in [6.45, 7) is 5.62. The van der Waals surface area contributed by atoms with Crippen LogP contribution in [0.15, 0.2) is 4.99 Å². The molecule has 1 fully saturated rings. The number of carbonyl (C=O) groups is 2. The maximum Gasteiger partial charge on any atom is 0.323 e. The number of carbonyl (C=O) groups excluding carboxylic acids is 1. The van der Waals surface area contributed by atoms with E-state index in [1.54, 1.807) is 0 Å². The third kappa shape index (κ3) is 2.72. The molecule has 2 aliphatic rings. The van der Waals surface area contributed by atoms with Crippen molar-refractivity contribution in [2.24, 2.45) is 10.4 Å². The molecule has 1 saturated carbocycles. The lowest BCUT2D eigenvalue weighted by Crippen LogP contribution is -2.49. The SMILES string of the molecule is CC(C)(C)C1=NC2(CCCCCC2)N(CC(=O)O)C1=O. The van der Waals surface area contributed by atoms with E-state index in [2.05, 4.69) is 0 Å². The molecule has 1 spiro atoms. The van der Waals surface area contributed by atoms with Gasteiger partial charge in [-0.1, -0.05) is 33.6 Å². The van der Waals surface area contributed by atoms with E-state index in [-0.39, 0.29) is 17.9 Å². The molecule has 0 aromatic rings.